The normalized spacial score (nSPS) is 18.4. The zero-order valence-electron chi connectivity index (χ0n) is 19.3. The molecule has 0 atom stereocenters. The lowest BCUT2D eigenvalue weighted by molar-refractivity contribution is 0.135. The Kier molecular flexibility index (Phi) is 6.07. The third-order valence-corrected chi connectivity index (χ3v) is 8.90. The fourth-order valence-corrected chi connectivity index (χ4v) is 5.96. The second-order valence-corrected chi connectivity index (χ2v) is 11.4. The lowest BCUT2D eigenvalue weighted by atomic mass is 9.82. The van der Waals surface area contributed by atoms with Crippen LogP contribution in [-0.2, 0) is 26.8 Å². The predicted molar refractivity (Wildman–Crippen MR) is 125 cm³/mol. The maximum atomic E-state index is 13.2. The van der Waals surface area contributed by atoms with Crippen LogP contribution in [0.4, 0.5) is 10.5 Å². The molecule has 2 heterocycles. The lowest BCUT2D eigenvalue weighted by Crippen LogP contribution is -2.50. The number of hydrogen-bond donors (Lipinski definition) is 0. The number of carbonyl (C=O) groups excluding carboxylic acids is 1. The standard InChI is InChI=1S/C25H32N2O4S/c1-5-25(3,4)20-7-9-22(10-8-20)32(29,30)26-14-12-21(13-15-26)27-23-11-6-18(2)16-19(23)17-31-24(27)28/h6-11,16,21H,5,12-15,17H2,1-4H3. The molecule has 4 rings (SSSR count). The van der Waals surface area contributed by atoms with Crippen LogP contribution in [-0.4, -0.2) is 37.9 Å². The van der Waals surface area contributed by atoms with Crippen molar-refractivity contribution in [3.63, 3.8) is 0 Å². The summed E-state index contributed by atoms with van der Waals surface area (Å²) in [6.07, 6.45) is 1.77. The zero-order valence-corrected chi connectivity index (χ0v) is 20.1. The van der Waals surface area contributed by atoms with Crippen molar-refractivity contribution in [3.05, 3.63) is 59.2 Å². The molecule has 6 nitrogen and oxygen atoms in total. The van der Waals surface area contributed by atoms with Gasteiger partial charge in [0.15, 0.2) is 0 Å². The molecule has 2 aromatic rings. The third-order valence-electron chi connectivity index (χ3n) is 6.99. The quantitative estimate of drug-likeness (QED) is 0.636. The van der Waals surface area contributed by atoms with E-state index in [1.54, 1.807) is 17.0 Å². The van der Waals surface area contributed by atoms with E-state index in [1.807, 2.05) is 37.3 Å². The van der Waals surface area contributed by atoms with E-state index in [4.69, 9.17) is 4.74 Å². The minimum absolute atomic E-state index is 0.0124. The van der Waals surface area contributed by atoms with Crippen LogP contribution in [0.25, 0.3) is 0 Å². The maximum absolute atomic E-state index is 13.2. The van der Waals surface area contributed by atoms with Crippen LogP contribution in [0.1, 0.15) is 56.7 Å². The van der Waals surface area contributed by atoms with Crippen LogP contribution in [0.5, 0.6) is 0 Å². The number of cyclic esters (lactones) is 1. The first-order chi connectivity index (χ1) is 15.1. The van der Waals surface area contributed by atoms with E-state index in [0.717, 1.165) is 28.8 Å². The van der Waals surface area contributed by atoms with Crippen LogP contribution in [0.2, 0.25) is 0 Å². The number of piperidine rings is 1. The molecule has 32 heavy (non-hydrogen) atoms. The van der Waals surface area contributed by atoms with E-state index in [9.17, 15) is 13.2 Å². The molecule has 7 heteroatoms. The molecule has 0 saturated carbocycles. The Morgan fingerprint density at radius 1 is 1.06 bits per heavy atom. The van der Waals surface area contributed by atoms with Gasteiger partial charge in [-0.3, -0.25) is 4.90 Å². The third kappa shape index (κ3) is 4.16. The largest absolute Gasteiger partial charge is 0.444 e. The SMILES string of the molecule is CCC(C)(C)c1ccc(S(=O)(=O)N2CCC(N3C(=O)OCc4cc(C)ccc43)CC2)cc1. The molecular weight excluding hydrogens is 424 g/mol. The summed E-state index contributed by atoms with van der Waals surface area (Å²) in [5, 5.41) is 0. The molecule has 0 spiro atoms. The Balaban J connectivity index is 1.48. The second-order valence-electron chi connectivity index (χ2n) is 9.45. The van der Waals surface area contributed by atoms with Crippen molar-refractivity contribution in [2.45, 2.75) is 69.9 Å². The van der Waals surface area contributed by atoms with Crippen LogP contribution < -0.4 is 4.90 Å². The highest BCUT2D eigenvalue weighted by Crippen LogP contribution is 2.34. The number of amides is 1. The van der Waals surface area contributed by atoms with Crippen LogP contribution in [0.3, 0.4) is 0 Å². The summed E-state index contributed by atoms with van der Waals surface area (Å²) < 4.78 is 33.4. The molecular formula is C25H32N2O4S. The summed E-state index contributed by atoms with van der Waals surface area (Å²) in [6, 6.07) is 13.2. The van der Waals surface area contributed by atoms with Gasteiger partial charge < -0.3 is 4.74 Å². The number of ether oxygens (including phenoxy) is 1. The molecule has 0 aliphatic carbocycles. The number of aryl methyl sites for hydroxylation is 1. The fraction of sp³-hybridized carbons (Fsp3) is 0.480. The number of fused-ring (bicyclic) bond motifs is 1. The monoisotopic (exact) mass is 456 g/mol. The molecule has 0 N–H and O–H groups in total. The van der Waals surface area contributed by atoms with Gasteiger partial charge in [0.1, 0.15) is 6.61 Å². The van der Waals surface area contributed by atoms with Gasteiger partial charge in [-0.2, -0.15) is 4.31 Å². The van der Waals surface area contributed by atoms with Gasteiger partial charge in [0.05, 0.1) is 10.6 Å². The first-order valence-electron chi connectivity index (χ1n) is 11.3. The highest BCUT2D eigenvalue weighted by molar-refractivity contribution is 7.89. The number of carbonyl (C=O) groups is 1. The van der Waals surface area contributed by atoms with Crippen molar-refractivity contribution in [1.82, 2.24) is 4.31 Å². The number of rotatable bonds is 5. The topological polar surface area (TPSA) is 66.9 Å². The molecule has 172 valence electrons. The summed E-state index contributed by atoms with van der Waals surface area (Å²) in [6.45, 7) is 9.50. The van der Waals surface area contributed by atoms with Crippen molar-refractivity contribution < 1.29 is 17.9 Å². The molecule has 2 aromatic carbocycles. The fourth-order valence-electron chi connectivity index (χ4n) is 4.49. The molecule has 0 radical (unpaired) electrons. The van der Waals surface area contributed by atoms with Gasteiger partial charge in [-0.05, 0) is 55.4 Å². The summed E-state index contributed by atoms with van der Waals surface area (Å²) in [5.41, 5.74) is 4.14. The molecule has 0 aromatic heterocycles. The van der Waals surface area contributed by atoms with E-state index in [2.05, 4.69) is 20.8 Å². The summed E-state index contributed by atoms with van der Waals surface area (Å²) in [5.74, 6) is 0. The minimum atomic E-state index is -3.57. The Morgan fingerprint density at radius 3 is 2.34 bits per heavy atom. The van der Waals surface area contributed by atoms with Gasteiger partial charge in [0.2, 0.25) is 10.0 Å². The van der Waals surface area contributed by atoms with Gasteiger partial charge in [-0.15, -0.1) is 0 Å². The zero-order chi connectivity index (χ0) is 23.1. The van der Waals surface area contributed by atoms with Crippen molar-refractivity contribution >= 4 is 21.8 Å². The second kappa shape index (κ2) is 8.52. The lowest BCUT2D eigenvalue weighted by Gasteiger charge is -2.39. The number of sulfonamides is 1. The number of anilines is 1. The Morgan fingerprint density at radius 2 is 1.72 bits per heavy atom. The molecule has 1 amide bonds. The molecule has 2 aliphatic rings. The van der Waals surface area contributed by atoms with Crippen molar-refractivity contribution in [2.75, 3.05) is 18.0 Å². The number of nitrogens with zero attached hydrogens (tertiary/aromatic N) is 2. The first-order valence-corrected chi connectivity index (χ1v) is 12.7. The highest BCUT2D eigenvalue weighted by Gasteiger charge is 2.37. The smallest absolute Gasteiger partial charge is 0.414 e. The molecule has 1 saturated heterocycles. The molecule has 1 fully saturated rings. The average molecular weight is 457 g/mol. The summed E-state index contributed by atoms with van der Waals surface area (Å²) in [4.78, 5) is 14.6. The van der Waals surface area contributed by atoms with E-state index in [0.29, 0.717) is 30.8 Å². The summed E-state index contributed by atoms with van der Waals surface area (Å²) >= 11 is 0. The number of hydrogen-bond acceptors (Lipinski definition) is 4. The minimum Gasteiger partial charge on any atom is -0.444 e. The van der Waals surface area contributed by atoms with Gasteiger partial charge in [0.25, 0.3) is 0 Å². The molecule has 0 bridgehead atoms. The van der Waals surface area contributed by atoms with Gasteiger partial charge in [-0.1, -0.05) is 50.6 Å². The Hall–Kier alpha value is -2.38. The van der Waals surface area contributed by atoms with Crippen molar-refractivity contribution in [3.8, 4) is 0 Å². The first kappa shape index (κ1) is 22.8. The van der Waals surface area contributed by atoms with Crippen LogP contribution >= 0.6 is 0 Å². The van der Waals surface area contributed by atoms with E-state index in [1.165, 1.54) is 4.31 Å². The van der Waals surface area contributed by atoms with Gasteiger partial charge in [0, 0.05) is 24.7 Å². The van der Waals surface area contributed by atoms with E-state index in [-0.39, 0.29) is 24.2 Å². The van der Waals surface area contributed by atoms with Crippen molar-refractivity contribution in [1.29, 1.82) is 0 Å². The highest BCUT2D eigenvalue weighted by atomic mass is 32.2. The molecule has 0 unspecified atom stereocenters. The Bertz CT molecular complexity index is 1100. The van der Waals surface area contributed by atoms with Gasteiger partial charge >= 0.3 is 6.09 Å². The van der Waals surface area contributed by atoms with E-state index < -0.39 is 10.0 Å². The maximum Gasteiger partial charge on any atom is 0.414 e. The summed E-state index contributed by atoms with van der Waals surface area (Å²) in [7, 11) is -3.57. The van der Waals surface area contributed by atoms with Crippen LogP contribution in [0, 0.1) is 6.92 Å². The van der Waals surface area contributed by atoms with Gasteiger partial charge in [-0.25, -0.2) is 13.2 Å². The predicted octanol–water partition coefficient (Wildman–Crippen LogP) is 4.99. The molecule has 2 aliphatic heterocycles. The van der Waals surface area contributed by atoms with E-state index >= 15 is 0 Å². The van der Waals surface area contributed by atoms with Crippen molar-refractivity contribution in [2.24, 2.45) is 0 Å². The van der Waals surface area contributed by atoms with Crippen LogP contribution in [0.15, 0.2) is 47.4 Å². The average Bonchev–Trinajstić information content (AvgIpc) is 2.79. The number of benzene rings is 2. The Labute approximate surface area is 191 Å².